The molecule has 1 aliphatic heterocycles. The molecule has 3 heterocycles. The molecular formula is C17H24N6O. The van der Waals surface area contributed by atoms with Crippen LogP contribution in [-0.4, -0.2) is 55.7 Å². The van der Waals surface area contributed by atoms with Gasteiger partial charge in [0.25, 0.3) is 0 Å². The molecule has 24 heavy (non-hydrogen) atoms. The van der Waals surface area contributed by atoms with Gasteiger partial charge in [-0.3, -0.25) is 14.9 Å². The maximum Gasteiger partial charge on any atom is 0.222 e. The van der Waals surface area contributed by atoms with Gasteiger partial charge in [0.1, 0.15) is 0 Å². The smallest absolute Gasteiger partial charge is 0.222 e. The standard InChI is InChI=1S/C17H24N6O/c1-2-3-20-17-21-7-13(8-22-17)10-23-11-14(16(24)12-23)6-15-9-18-4-5-19-15/h4-5,7-9,14,16,24H,2-3,6,10-12H2,1H3,(H,20,21,22)/t14-,16-/m1/s1. The van der Waals surface area contributed by atoms with E-state index in [1.54, 1.807) is 18.6 Å². The summed E-state index contributed by atoms with van der Waals surface area (Å²) in [4.78, 5) is 19.3. The molecule has 1 aliphatic rings. The number of aromatic nitrogens is 4. The highest BCUT2D eigenvalue weighted by atomic mass is 16.3. The highest BCUT2D eigenvalue weighted by Crippen LogP contribution is 2.22. The number of β-amino-alcohol motifs (C(OH)–C–C–N with tert-alkyl or cyclic N) is 1. The molecule has 7 nitrogen and oxygen atoms in total. The van der Waals surface area contributed by atoms with E-state index in [0.717, 1.165) is 43.7 Å². The predicted octanol–water partition coefficient (Wildman–Crippen LogP) is 1.12. The quantitative estimate of drug-likeness (QED) is 0.787. The molecule has 128 valence electrons. The van der Waals surface area contributed by atoms with Gasteiger partial charge in [0, 0.05) is 68.6 Å². The van der Waals surface area contributed by atoms with Crippen LogP contribution in [0.3, 0.4) is 0 Å². The maximum atomic E-state index is 10.3. The minimum Gasteiger partial charge on any atom is -0.391 e. The van der Waals surface area contributed by atoms with Crippen LogP contribution < -0.4 is 5.32 Å². The molecule has 0 aromatic carbocycles. The second-order valence-electron chi connectivity index (χ2n) is 6.26. The van der Waals surface area contributed by atoms with Gasteiger partial charge in [-0.1, -0.05) is 6.92 Å². The molecule has 7 heteroatoms. The first kappa shape index (κ1) is 16.7. The van der Waals surface area contributed by atoms with Crippen LogP contribution in [0.1, 0.15) is 24.6 Å². The highest BCUT2D eigenvalue weighted by molar-refractivity contribution is 5.24. The van der Waals surface area contributed by atoms with Crippen molar-refractivity contribution in [2.24, 2.45) is 5.92 Å². The number of likely N-dealkylation sites (tertiary alicyclic amines) is 1. The zero-order valence-corrected chi connectivity index (χ0v) is 14.0. The van der Waals surface area contributed by atoms with Gasteiger partial charge in [-0.15, -0.1) is 0 Å². The van der Waals surface area contributed by atoms with Gasteiger partial charge in [0.05, 0.1) is 11.8 Å². The lowest BCUT2D eigenvalue weighted by molar-refractivity contribution is 0.140. The van der Waals surface area contributed by atoms with Crippen molar-refractivity contribution in [1.29, 1.82) is 0 Å². The number of nitrogens with one attached hydrogen (secondary N) is 1. The minimum atomic E-state index is -0.335. The summed E-state index contributed by atoms with van der Waals surface area (Å²) in [5, 5.41) is 13.5. The molecule has 0 amide bonds. The first-order valence-electron chi connectivity index (χ1n) is 8.44. The lowest BCUT2D eigenvalue weighted by atomic mass is 10.0. The molecule has 0 aliphatic carbocycles. The van der Waals surface area contributed by atoms with Gasteiger partial charge >= 0.3 is 0 Å². The molecule has 2 N–H and O–H groups in total. The minimum absolute atomic E-state index is 0.188. The van der Waals surface area contributed by atoms with Gasteiger partial charge in [-0.2, -0.15) is 0 Å². The Morgan fingerprint density at radius 2 is 2.00 bits per heavy atom. The van der Waals surface area contributed by atoms with Gasteiger partial charge in [-0.25, -0.2) is 9.97 Å². The Morgan fingerprint density at radius 3 is 2.71 bits per heavy atom. The van der Waals surface area contributed by atoms with E-state index in [2.05, 4.69) is 37.1 Å². The van der Waals surface area contributed by atoms with Crippen LogP contribution >= 0.6 is 0 Å². The third-order valence-corrected chi connectivity index (χ3v) is 4.21. The monoisotopic (exact) mass is 328 g/mol. The Hall–Kier alpha value is -2.12. The van der Waals surface area contributed by atoms with E-state index in [1.807, 2.05) is 12.4 Å². The molecular weight excluding hydrogens is 304 g/mol. The molecule has 0 radical (unpaired) electrons. The third kappa shape index (κ3) is 4.46. The highest BCUT2D eigenvalue weighted by Gasteiger charge is 2.31. The Morgan fingerprint density at radius 1 is 1.17 bits per heavy atom. The topological polar surface area (TPSA) is 87.1 Å². The molecule has 2 aromatic heterocycles. The number of aliphatic hydroxyl groups is 1. The van der Waals surface area contributed by atoms with Crippen LogP contribution in [0.2, 0.25) is 0 Å². The van der Waals surface area contributed by atoms with Crippen molar-refractivity contribution in [1.82, 2.24) is 24.8 Å². The van der Waals surface area contributed by atoms with Crippen molar-refractivity contribution in [2.75, 3.05) is 25.0 Å². The Balaban J connectivity index is 1.53. The fourth-order valence-electron chi connectivity index (χ4n) is 3.00. The van der Waals surface area contributed by atoms with Crippen molar-refractivity contribution in [3.8, 4) is 0 Å². The molecule has 1 saturated heterocycles. The molecule has 0 spiro atoms. The average Bonchev–Trinajstić information content (AvgIpc) is 2.94. The summed E-state index contributed by atoms with van der Waals surface area (Å²) in [6.07, 6.45) is 10.3. The van der Waals surface area contributed by atoms with E-state index < -0.39 is 0 Å². The van der Waals surface area contributed by atoms with Crippen LogP contribution in [0.4, 0.5) is 5.95 Å². The molecule has 0 unspecified atom stereocenters. The molecule has 1 fully saturated rings. The summed E-state index contributed by atoms with van der Waals surface area (Å²) in [5.41, 5.74) is 1.99. The molecule has 2 aromatic rings. The summed E-state index contributed by atoms with van der Waals surface area (Å²) >= 11 is 0. The van der Waals surface area contributed by atoms with Crippen LogP contribution in [-0.2, 0) is 13.0 Å². The van der Waals surface area contributed by atoms with Crippen molar-refractivity contribution in [3.05, 3.63) is 42.2 Å². The number of rotatable bonds is 7. The number of hydrogen-bond donors (Lipinski definition) is 2. The summed E-state index contributed by atoms with van der Waals surface area (Å²) < 4.78 is 0. The lowest BCUT2D eigenvalue weighted by Crippen LogP contribution is -2.21. The number of hydrogen-bond acceptors (Lipinski definition) is 7. The molecule has 0 saturated carbocycles. The third-order valence-electron chi connectivity index (χ3n) is 4.21. The summed E-state index contributed by atoms with van der Waals surface area (Å²) in [7, 11) is 0. The van der Waals surface area contributed by atoms with Crippen molar-refractivity contribution < 1.29 is 5.11 Å². The van der Waals surface area contributed by atoms with Crippen molar-refractivity contribution in [2.45, 2.75) is 32.4 Å². The van der Waals surface area contributed by atoms with E-state index >= 15 is 0 Å². The van der Waals surface area contributed by atoms with Crippen molar-refractivity contribution in [3.63, 3.8) is 0 Å². The fourth-order valence-corrected chi connectivity index (χ4v) is 3.00. The van der Waals surface area contributed by atoms with Gasteiger partial charge < -0.3 is 10.4 Å². The van der Waals surface area contributed by atoms with Gasteiger partial charge in [0.2, 0.25) is 5.95 Å². The summed E-state index contributed by atoms with van der Waals surface area (Å²) in [5.74, 6) is 0.857. The fraction of sp³-hybridized carbons (Fsp3) is 0.529. The van der Waals surface area contributed by atoms with E-state index in [4.69, 9.17) is 0 Å². The second kappa shape index (κ2) is 8.12. The summed E-state index contributed by atoms with van der Waals surface area (Å²) in [6, 6.07) is 0. The average molecular weight is 328 g/mol. The van der Waals surface area contributed by atoms with Gasteiger partial charge in [-0.05, 0) is 12.8 Å². The van der Waals surface area contributed by atoms with Crippen LogP contribution in [0.25, 0.3) is 0 Å². The second-order valence-corrected chi connectivity index (χ2v) is 6.26. The Kier molecular flexibility index (Phi) is 5.66. The zero-order valence-electron chi connectivity index (χ0n) is 14.0. The first-order valence-corrected chi connectivity index (χ1v) is 8.44. The Labute approximate surface area is 142 Å². The van der Waals surface area contributed by atoms with E-state index in [-0.39, 0.29) is 12.0 Å². The largest absolute Gasteiger partial charge is 0.391 e. The predicted molar refractivity (Wildman–Crippen MR) is 91.3 cm³/mol. The lowest BCUT2D eigenvalue weighted by Gasteiger charge is -2.15. The number of anilines is 1. The summed E-state index contributed by atoms with van der Waals surface area (Å²) in [6.45, 7) is 5.25. The molecule has 3 rings (SSSR count). The number of aliphatic hydroxyl groups excluding tert-OH is 1. The van der Waals surface area contributed by atoms with Gasteiger partial charge in [0.15, 0.2) is 0 Å². The van der Waals surface area contributed by atoms with Crippen LogP contribution in [0, 0.1) is 5.92 Å². The first-order chi connectivity index (χ1) is 11.7. The molecule has 2 atom stereocenters. The van der Waals surface area contributed by atoms with E-state index in [9.17, 15) is 5.11 Å². The van der Waals surface area contributed by atoms with Crippen LogP contribution in [0.15, 0.2) is 31.0 Å². The Bertz CT molecular complexity index is 621. The molecule has 0 bridgehead atoms. The van der Waals surface area contributed by atoms with E-state index in [0.29, 0.717) is 12.5 Å². The normalized spacial score (nSPS) is 21.1. The zero-order chi connectivity index (χ0) is 16.8. The van der Waals surface area contributed by atoms with Crippen LogP contribution in [0.5, 0.6) is 0 Å². The number of nitrogens with zero attached hydrogens (tertiary/aromatic N) is 5. The maximum absolute atomic E-state index is 10.3. The van der Waals surface area contributed by atoms with E-state index in [1.165, 1.54) is 0 Å². The SMILES string of the molecule is CCCNc1ncc(CN2C[C@@H](Cc3cnccn3)[C@H](O)C2)cn1. The van der Waals surface area contributed by atoms with Crippen molar-refractivity contribution >= 4 is 5.95 Å².